The fraction of sp³-hybridized carbons (Fsp3) is 0.700. The molecule has 0 radical (unpaired) electrons. The zero-order valence-electron chi connectivity index (χ0n) is 9.26. The molecule has 0 saturated heterocycles. The molecule has 0 fully saturated rings. The number of nitrogens with zero attached hydrogens (tertiary/aromatic N) is 1. The van der Waals surface area contributed by atoms with E-state index in [9.17, 15) is 4.79 Å². The van der Waals surface area contributed by atoms with Crippen LogP contribution in [-0.2, 0) is 4.74 Å². The number of alkyl carbamates (subject to hydrolysis) is 1. The van der Waals surface area contributed by atoms with Crippen LogP contribution in [0.3, 0.4) is 0 Å². The molecule has 80 valence electrons. The fourth-order valence-corrected chi connectivity index (χ4v) is 0.747. The van der Waals surface area contributed by atoms with Gasteiger partial charge in [-0.15, -0.1) is 0 Å². The zero-order chi connectivity index (χ0) is 11.0. The standard InChI is InChI=1S/C10H18N2O2/c1-5-12(4)9(2)7-6-8-14-10(13)11-3/h9H,5,8H2,1-4H3,(H,11,13). The van der Waals surface area contributed by atoms with E-state index in [0.717, 1.165) is 6.54 Å². The molecule has 1 unspecified atom stereocenters. The van der Waals surface area contributed by atoms with Crippen LogP contribution in [0.15, 0.2) is 0 Å². The first kappa shape index (κ1) is 12.8. The number of amides is 1. The van der Waals surface area contributed by atoms with Crippen LogP contribution >= 0.6 is 0 Å². The third kappa shape index (κ3) is 5.44. The van der Waals surface area contributed by atoms with Gasteiger partial charge in [-0.2, -0.15) is 0 Å². The quantitative estimate of drug-likeness (QED) is 0.678. The summed E-state index contributed by atoms with van der Waals surface area (Å²) in [5.41, 5.74) is 0. The van der Waals surface area contributed by atoms with Crippen molar-refractivity contribution >= 4 is 6.09 Å². The minimum absolute atomic E-state index is 0.140. The Balaban J connectivity index is 3.76. The molecular formula is C10H18N2O2. The number of hydrogen-bond acceptors (Lipinski definition) is 3. The molecule has 0 aromatic rings. The lowest BCUT2D eigenvalue weighted by Crippen LogP contribution is -2.27. The van der Waals surface area contributed by atoms with Crippen LogP contribution in [0.25, 0.3) is 0 Å². The summed E-state index contributed by atoms with van der Waals surface area (Å²) in [7, 11) is 3.52. The van der Waals surface area contributed by atoms with Crippen molar-refractivity contribution in [2.45, 2.75) is 19.9 Å². The highest BCUT2D eigenvalue weighted by Crippen LogP contribution is 1.91. The van der Waals surface area contributed by atoms with Gasteiger partial charge in [0.25, 0.3) is 0 Å². The Bertz CT molecular complexity index is 230. The minimum Gasteiger partial charge on any atom is -0.436 e. The van der Waals surface area contributed by atoms with Crippen LogP contribution in [0.2, 0.25) is 0 Å². The molecule has 1 amide bonds. The van der Waals surface area contributed by atoms with E-state index >= 15 is 0 Å². The van der Waals surface area contributed by atoms with Crippen LogP contribution in [0, 0.1) is 11.8 Å². The van der Waals surface area contributed by atoms with Crippen molar-refractivity contribution in [2.75, 3.05) is 27.2 Å². The second kappa shape index (κ2) is 7.22. The van der Waals surface area contributed by atoms with Gasteiger partial charge < -0.3 is 10.1 Å². The summed E-state index contributed by atoms with van der Waals surface area (Å²) in [6.45, 7) is 5.17. The Morgan fingerprint density at radius 1 is 1.64 bits per heavy atom. The summed E-state index contributed by atoms with van der Waals surface area (Å²) in [5, 5.41) is 2.35. The van der Waals surface area contributed by atoms with Crippen molar-refractivity contribution in [1.82, 2.24) is 10.2 Å². The second-order valence-corrected chi connectivity index (χ2v) is 2.90. The van der Waals surface area contributed by atoms with Gasteiger partial charge in [-0.1, -0.05) is 18.8 Å². The van der Waals surface area contributed by atoms with E-state index in [1.807, 2.05) is 14.0 Å². The molecule has 1 atom stereocenters. The van der Waals surface area contributed by atoms with Gasteiger partial charge in [0.1, 0.15) is 0 Å². The highest BCUT2D eigenvalue weighted by atomic mass is 16.5. The molecule has 0 aliphatic heterocycles. The molecule has 0 aromatic heterocycles. The van der Waals surface area contributed by atoms with Crippen molar-refractivity contribution in [3.05, 3.63) is 0 Å². The predicted molar refractivity (Wildman–Crippen MR) is 55.9 cm³/mol. The van der Waals surface area contributed by atoms with E-state index in [-0.39, 0.29) is 12.6 Å². The maximum absolute atomic E-state index is 10.6. The van der Waals surface area contributed by atoms with E-state index in [2.05, 4.69) is 29.0 Å². The number of ether oxygens (including phenoxy) is 1. The maximum Gasteiger partial charge on any atom is 0.407 e. The Morgan fingerprint density at radius 3 is 2.79 bits per heavy atom. The van der Waals surface area contributed by atoms with Crippen LogP contribution < -0.4 is 5.32 Å². The normalized spacial score (nSPS) is 11.5. The van der Waals surface area contributed by atoms with Crippen LogP contribution in [0.1, 0.15) is 13.8 Å². The number of hydrogen-bond donors (Lipinski definition) is 1. The van der Waals surface area contributed by atoms with E-state index in [4.69, 9.17) is 4.74 Å². The molecule has 0 saturated carbocycles. The molecule has 0 bridgehead atoms. The molecule has 0 rings (SSSR count). The minimum atomic E-state index is -0.448. The van der Waals surface area contributed by atoms with Gasteiger partial charge in [-0.25, -0.2) is 4.79 Å². The Morgan fingerprint density at radius 2 is 2.29 bits per heavy atom. The highest BCUT2D eigenvalue weighted by Gasteiger charge is 2.01. The van der Waals surface area contributed by atoms with Crippen LogP contribution in [0.4, 0.5) is 4.79 Å². The first-order valence-electron chi connectivity index (χ1n) is 4.65. The summed E-state index contributed by atoms with van der Waals surface area (Å²) in [4.78, 5) is 12.7. The van der Waals surface area contributed by atoms with E-state index < -0.39 is 6.09 Å². The summed E-state index contributed by atoms with van der Waals surface area (Å²) in [5.74, 6) is 5.77. The topological polar surface area (TPSA) is 41.6 Å². The van der Waals surface area contributed by atoms with Crippen LogP contribution in [0.5, 0.6) is 0 Å². The summed E-state index contributed by atoms with van der Waals surface area (Å²) in [6.07, 6.45) is -0.448. The van der Waals surface area contributed by atoms with Crippen molar-refractivity contribution in [1.29, 1.82) is 0 Å². The zero-order valence-corrected chi connectivity index (χ0v) is 9.26. The number of carbonyl (C=O) groups is 1. The van der Waals surface area contributed by atoms with Gasteiger partial charge in [0.05, 0.1) is 6.04 Å². The van der Waals surface area contributed by atoms with Gasteiger partial charge in [0, 0.05) is 7.05 Å². The van der Waals surface area contributed by atoms with E-state index in [1.165, 1.54) is 7.05 Å². The lowest BCUT2D eigenvalue weighted by molar-refractivity contribution is 0.162. The number of nitrogens with one attached hydrogen (secondary N) is 1. The molecular weight excluding hydrogens is 180 g/mol. The summed E-state index contributed by atoms with van der Waals surface area (Å²) in [6, 6.07) is 0.188. The maximum atomic E-state index is 10.6. The molecule has 0 aliphatic rings. The third-order valence-corrected chi connectivity index (χ3v) is 1.95. The Kier molecular flexibility index (Phi) is 6.59. The predicted octanol–water partition coefficient (Wildman–Crippen LogP) is 0.686. The van der Waals surface area contributed by atoms with Crippen LogP contribution in [-0.4, -0.2) is 44.3 Å². The lowest BCUT2D eigenvalue weighted by atomic mass is 10.3. The molecule has 4 nitrogen and oxygen atoms in total. The first-order valence-corrected chi connectivity index (χ1v) is 4.65. The van der Waals surface area contributed by atoms with Crippen molar-refractivity contribution in [3.63, 3.8) is 0 Å². The van der Waals surface area contributed by atoms with Crippen molar-refractivity contribution in [3.8, 4) is 11.8 Å². The molecule has 1 N–H and O–H groups in total. The molecule has 0 aliphatic carbocycles. The highest BCUT2D eigenvalue weighted by molar-refractivity contribution is 5.66. The number of carbonyl (C=O) groups excluding carboxylic acids is 1. The molecule has 0 heterocycles. The largest absolute Gasteiger partial charge is 0.436 e. The van der Waals surface area contributed by atoms with Gasteiger partial charge in [0.15, 0.2) is 6.61 Å². The van der Waals surface area contributed by atoms with Gasteiger partial charge in [-0.3, -0.25) is 4.90 Å². The van der Waals surface area contributed by atoms with E-state index in [0.29, 0.717) is 0 Å². The third-order valence-electron chi connectivity index (χ3n) is 1.95. The molecule has 0 aromatic carbocycles. The average molecular weight is 198 g/mol. The molecule has 0 spiro atoms. The average Bonchev–Trinajstić information content (AvgIpc) is 2.22. The molecule has 14 heavy (non-hydrogen) atoms. The smallest absolute Gasteiger partial charge is 0.407 e. The van der Waals surface area contributed by atoms with Gasteiger partial charge in [0.2, 0.25) is 0 Å². The van der Waals surface area contributed by atoms with Crippen molar-refractivity contribution < 1.29 is 9.53 Å². The Labute approximate surface area is 85.6 Å². The van der Waals surface area contributed by atoms with E-state index in [1.54, 1.807) is 0 Å². The Hall–Kier alpha value is -1.21. The first-order chi connectivity index (χ1) is 6.61. The number of rotatable bonds is 3. The van der Waals surface area contributed by atoms with Gasteiger partial charge >= 0.3 is 6.09 Å². The summed E-state index contributed by atoms with van der Waals surface area (Å²) < 4.78 is 4.71. The molecule has 4 heteroatoms. The fourth-order valence-electron chi connectivity index (χ4n) is 0.747. The summed E-state index contributed by atoms with van der Waals surface area (Å²) >= 11 is 0. The SMILES string of the molecule is CCN(C)C(C)C#CCOC(=O)NC. The van der Waals surface area contributed by atoms with Crippen molar-refractivity contribution in [2.24, 2.45) is 0 Å². The van der Waals surface area contributed by atoms with Gasteiger partial charge in [-0.05, 0) is 20.5 Å². The lowest BCUT2D eigenvalue weighted by Gasteiger charge is -2.17. The second-order valence-electron chi connectivity index (χ2n) is 2.90. The monoisotopic (exact) mass is 198 g/mol.